The molecule has 0 amide bonds. The van der Waals surface area contributed by atoms with Crippen molar-refractivity contribution in [3.05, 3.63) is 33.4 Å². The molecule has 1 aromatic carbocycles. The third-order valence-electron chi connectivity index (χ3n) is 3.95. The Bertz CT molecular complexity index is 788. The molecule has 0 spiro atoms. The van der Waals surface area contributed by atoms with Crippen LogP contribution in [0.3, 0.4) is 0 Å². The van der Waals surface area contributed by atoms with Gasteiger partial charge in [0.15, 0.2) is 0 Å². The van der Waals surface area contributed by atoms with Gasteiger partial charge < -0.3 is 0 Å². The molecular formula is C15H16F9IO3S. The van der Waals surface area contributed by atoms with E-state index in [0.717, 1.165) is 0 Å². The van der Waals surface area contributed by atoms with E-state index in [9.17, 15) is 47.9 Å². The predicted octanol–water partition coefficient (Wildman–Crippen LogP) is 6.28. The third kappa shape index (κ3) is 5.89. The summed E-state index contributed by atoms with van der Waals surface area (Å²) >= 11 is 2.34. The molecule has 0 bridgehead atoms. The van der Waals surface area contributed by atoms with Gasteiger partial charge in [-0.05, 0) is 52.1 Å². The molecule has 1 N–H and O–H groups in total. The number of hydrogen-bond donors (Lipinski definition) is 1. The molecule has 0 aliphatic heterocycles. The van der Waals surface area contributed by atoms with E-state index in [0.29, 0.717) is 5.41 Å². The minimum absolute atomic E-state index is 0.324. The van der Waals surface area contributed by atoms with E-state index >= 15 is 0 Å². The minimum atomic E-state index is -7.37. The monoisotopic (exact) mass is 574 g/mol. The van der Waals surface area contributed by atoms with Gasteiger partial charge in [0, 0.05) is 3.57 Å². The topological polar surface area (TPSA) is 54.4 Å². The number of halogens is 10. The number of hydrogen-bond acceptors (Lipinski definition) is 2. The summed E-state index contributed by atoms with van der Waals surface area (Å²) < 4.78 is 135. The van der Waals surface area contributed by atoms with Crippen LogP contribution in [-0.2, 0) is 15.5 Å². The second-order valence-corrected chi connectivity index (χ2v) is 9.09. The quantitative estimate of drug-likeness (QED) is 0.256. The molecule has 170 valence electrons. The van der Waals surface area contributed by atoms with Crippen molar-refractivity contribution < 1.29 is 52.5 Å². The number of rotatable bonds is 5. The highest BCUT2D eigenvalue weighted by Gasteiger charge is 2.85. The zero-order chi connectivity index (χ0) is 23.7. The van der Waals surface area contributed by atoms with Crippen molar-refractivity contribution in [1.29, 1.82) is 0 Å². The molecule has 0 radical (unpaired) electrons. The van der Waals surface area contributed by atoms with Gasteiger partial charge in [0.05, 0.1) is 0 Å². The van der Waals surface area contributed by atoms with Gasteiger partial charge in [0.1, 0.15) is 0 Å². The molecule has 0 aliphatic carbocycles. The van der Waals surface area contributed by atoms with E-state index < -0.39 is 33.4 Å². The van der Waals surface area contributed by atoms with Crippen molar-refractivity contribution in [2.24, 2.45) is 0 Å². The zero-order valence-electron chi connectivity index (χ0n) is 15.0. The summed E-state index contributed by atoms with van der Waals surface area (Å²) in [4.78, 5) is 0. The summed E-state index contributed by atoms with van der Waals surface area (Å²) in [6.07, 6.45) is -5.95. The lowest BCUT2D eigenvalue weighted by Gasteiger charge is -2.31. The van der Waals surface area contributed by atoms with Gasteiger partial charge in [-0.1, -0.05) is 32.9 Å². The molecule has 0 heterocycles. The molecular weight excluding hydrogens is 558 g/mol. The highest BCUT2D eigenvalue weighted by molar-refractivity contribution is 14.1. The van der Waals surface area contributed by atoms with Crippen molar-refractivity contribution in [1.82, 2.24) is 0 Å². The minimum Gasteiger partial charge on any atom is -0.281 e. The first kappa shape index (κ1) is 28.2. The fourth-order valence-electron chi connectivity index (χ4n) is 1.63. The van der Waals surface area contributed by atoms with Crippen molar-refractivity contribution in [2.75, 3.05) is 0 Å². The summed E-state index contributed by atoms with van der Waals surface area (Å²) in [5, 5.41) is -7.00. The summed E-state index contributed by atoms with van der Waals surface area (Å²) in [5.41, 5.74) is 1.76. The summed E-state index contributed by atoms with van der Waals surface area (Å²) in [5.74, 6) is -14.7. The summed E-state index contributed by atoms with van der Waals surface area (Å²) in [7, 11) is -7.17. The van der Waals surface area contributed by atoms with E-state index in [1.807, 2.05) is 0 Å². The smallest absolute Gasteiger partial charge is 0.281 e. The van der Waals surface area contributed by atoms with Crippen LogP contribution in [0.25, 0.3) is 0 Å². The van der Waals surface area contributed by atoms with Crippen LogP contribution in [0.4, 0.5) is 39.5 Å². The number of benzene rings is 1. The molecule has 1 rings (SSSR count). The normalized spacial score (nSPS) is 14.3. The van der Waals surface area contributed by atoms with E-state index in [1.54, 1.807) is 0 Å². The van der Waals surface area contributed by atoms with Gasteiger partial charge in [-0.25, -0.2) is 0 Å². The molecule has 1 aromatic rings. The Morgan fingerprint density at radius 1 is 0.862 bits per heavy atom. The number of alkyl halides is 9. The van der Waals surface area contributed by atoms with Gasteiger partial charge >= 0.3 is 33.4 Å². The molecule has 0 fully saturated rings. The summed E-state index contributed by atoms with van der Waals surface area (Å²) in [6.45, 7) is 6.81. The van der Waals surface area contributed by atoms with Gasteiger partial charge in [0.2, 0.25) is 0 Å². The molecule has 0 saturated carbocycles. The van der Waals surface area contributed by atoms with Crippen LogP contribution in [0.1, 0.15) is 32.8 Å². The molecule has 0 saturated heterocycles. The maximum Gasteiger partial charge on any atom is 0.460 e. The van der Waals surface area contributed by atoms with Crippen molar-refractivity contribution in [3.63, 3.8) is 0 Å². The van der Waals surface area contributed by atoms with E-state index in [1.165, 1.54) is 15.6 Å². The van der Waals surface area contributed by atoms with Gasteiger partial charge in [-0.3, -0.25) is 4.55 Å². The fraction of sp³-hybridized carbons (Fsp3) is 0.600. The second-order valence-electron chi connectivity index (χ2n) is 6.38. The van der Waals surface area contributed by atoms with Crippen molar-refractivity contribution in [3.8, 4) is 0 Å². The molecule has 0 aromatic heterocycles. The average Bonchev–Trinajstić information content (AvgIpc) is 2.53. The van der Waals surface area contributed by atoms with E-state index in [-0.39, 0.29) is 0 Å². The van der Waals surface area contributed by atoms with Crippen LogP contribution in [-0.4, -0.2) is 36.2 Å². The van der Waals surface area contributed by atoms with Crippen LogP contribution in [0.5, 0.6) is 0 Å². The predicted molar refractivity (Wildman–Crippen MR) is 94.9 cm³/mol. The van der Waals surface area contributed by atoms with Crippen LogP contribution < -0.4 is 0 Å². The SMILES string of the molecule is CCC(C)(C)c1ccc(I)cc1.O=S(=O)(O)C(F)(F)C(F)(F)C(F)(F)C(F)(F)F. The molecule has 14 heteroatoms. The first-order valence-corrected chi connectivity index (χ1v) is 10.0. The molecule has 29 heavy (non-hydrogen) atoms. The summed E-state index contributed by atoms with van der Waals surface area (Å²) in [6, 6.07) is 8.80. The highest BCUT2D eigenvalue weighted by atomic mass is 127. The Morgan fingerprint density at radius 2 is 1.24 bits per heavy atom. The Kier molecular flexibility index (Phi) is 8.53. The molecule has 0 unspecified atom stereocenters. The lowest BCUT2D eigenvalue weighted by atomic mass is 9.82. The lowest BCUT2D eigenvalue weighted by molar-refractivity contribution is -0.382. The lowest BCUT2D eigenvalue weighted by Crippen LogP contribution is -2.63. The second kappa shape index (κ2) is 8.77. The van der Waals surface area contributed by atoms with Crippen molar-refractivity contribution in [2.45, 2.75) is 55.9 Å². The maximum absolute atomic E-state index is 12.2. The van der Waals surface area contributed by atoms with Gasteiger partial charge in [-0.15, -0.1) is 0 Å². The van der Waals surface area contributed by atoms with E-state index in [4.69, 9.17) is 4.55 Å². The average molecular weight is 574 g/mol. The zero-order valence-corrected chi connectivity index (χ0v) is 17.9. The third-order valence-corrected chi connectivity index (χ3v) is 5.57. The van der Waals surface area contributed by atoms with Gasteiger partial charge in [0.25, 0.3) is 0 Å². The van der Waals surface area contributed by atoms with E-state index in [2.05, 4.69) is 67.6 Å². The van der Waals surface area contributed by atoms with Crippen molar-refractivity contribution >= 4 is 32.7 Å². The fourth-order valence-corrected chi connectivity index (χ4v) is 2.44. The first-order valence-electron chi connectivity index (χ1n) is 7.49. The Morgan fingerprint density at radius 3 is 1.52 bits per heavy atom. The first-order chi connectivity index (χ1) is 12.6. The highest BCUT2D eigenvalue weighted by Crippen LogP contribution is 2.54. The van der Waals surface area contributed by atoms with Crippen LogP contribution in [0.2, 0.25) is 0 Å². The Hall–Kier alpha value is -0.770. The molecule has 0 aliphatic rings. The Labute approximate surface area is 174 Å². The molecule has 0 atom stereocenters. The van der Waals surface area contributed by atoms with Crippen LogP contribution >= 0.6 is 22.6 Å². The van der Waals surface area contributed by atoms with Crippen LogP contribution in [0.15, 0.2) is 24.3 Å². The maximum atomic E-state index is 12.2. The largest absolute Gasteiger partial charge is 0.460 e. The van der Waals surface area contributed by atoms with Gasteiger partial charge in [-0.2, -0.15) is 47.9 Å². The van der Waals surface area contributed by atoms with Crippen LogP contribution in [0, 0.1) is 3.57 Å². The molecule has 3 nitrogen and oxygen atoms in total. The Balaban J connectivity index is 0.000000571. The standard InChI is InChI=1S/C11H15I.C4HF9O3S/c1-4-11(2,3)9-5-7-10(12)8-6-9;5-1(6,3(9,10)11)2(7,8)4(12,13)17(14,15)16/h5-8H,4H2,1-3H3;(H,14,15,16).